The van der Waals surface area contributed by atoms with E-state index in [1.54, 1.807) is 7.11 Å². The quantitative estimate of drug-likeness (QED) is 0.754. The van der Waals surface area contributed by atoms with Crippen LogP contribution in [-0.2, 0) is 6.54 Å². The van der Waals surface area contributed by atoms with Crippen LogP contribution in [0.1, 0.15) is 44.6 Å². The van der Waals surface area contributed by atoms with Crippen LogP contribution < -0.4 is 10.1 Å². The van der Waals surface area contributed by atoms with E-state index in [0.717, 1.165) is 35.1 Å². The van der Waals surface area contributed by atoms with E-state index in [2.05, 4.69) is 40.3 Å². The van der Waals surface area contributed by atoms with E-state index >= 15 is 0 Å². The average molecular weight is 340 g/mol. The van der Waals surface area contributed by atoms with Gasteiger partial charge in [-0.3, -0.25) is 0 Å². The first-order chi connectivity index (χ1) is 9.69. The fourth-order valence-electron chi connectivity index (χ4n) is 3.18. The van der Waals surface area contributed by atoms with Crippen molar-refractivity contribution in [2.75, 3.05) is 13.7 Å². The maximum absolute atomic E-state index is 5.25. The number of hydrogen-bond donors (Lipinski definition) is 1. The molecule has 1 fully saturated rings. The molecule has 112 valence electrons. The Morgan fingerprint density at radius 2 is 2.20 bits per heavy atom. The lowest BCUT2D eigenvalue weighted by atomic mass is 9.81. The van der Waals surface area contributed by atoms with Gasteiger partial charge in [0.05, 0.1) is 11.6 Å². The summed E-state index contributed by atoms with van der Waals surface area (Å²) in [6.07, 6.45) is 7.04. The van der Waals surface area contributed by atoms with Crippen molar-refractivity contribution in [3.8, 4) is 5.75 Å². The molecule has 3 heteroatoms. The molecule has 0 spiro atoms. The molecular formula is C17H26BrNO. The summed E-state index contributed by atoms with van der Waals surface area (Å²) in [5.74, 6) is 2.77. The average Bonchev–Trinajstić information content (AvgIpc) is 2.44. The van der Waals surface area contributed by atoms with Gasteiger partial charge in [-0.15, -0.1) is 0 Å². The molecule has 0 radical (unpaired) electrons. The molecule has 1 saturated carbocycles. The Bertz CT molecular complexity index is 421. The fraction of sp³-hybridized carbons (Fsp3) is 0.647. The standard InChI is InChI=1S/C17H26BrNO/c1-13-4-3-5-14(10-13)8-9-19-12-15-6-7-17(20-2)16(18)11-15/h6-7,11,13-14,19H,3-5,8-10,12H2,1-2H3. The van der Waals surface area contributed by atoms with Gasteiger partial charge in [0.25, 0.3) is 0 Å². The summed E-state index contributed by atoms with van der Waals surface area (Å²) in [6, 6.07) is 6.28. The van der Waals surface area contributed by atoms with E-state index in [9.17, 15) is 0 Å². The highest BCUT2D eigenvalue weighted by molar-refractivity contribution is 9.10. The van der Waals surface area contributed by atoms with Crippen LogP contribution in [0.2, 0.25) is 0 Å². The summed E-state index contributed by atoms with van der Waals surface area (Å²) in [5, 5.41) is 3.57. The predicted molar refractivity (Wildman–Crippen MR) is 88.1 cm³/mol. The van der Waals surface area contributed by atoms with Gasteiger partial charge in [-0.2, -0.15) is 0 Å². The molecule has 0 amide bonds. The van der Waals surface area contributed by atoms with Crippen molar-refractivity contribution in [3.63, 3.8) is 0 Å². The Balaban J connectivity index is 1.69. The minimum atomic E-state index is 0.893. The molecule has 2 rings (SSSR count). The molecule has 2 unspecified atom stereocenters. The highest BCUT2D eigenvalue weighted by atomic mass is 79.9. The molecule has 0 aromatic heterocycles. The smallest absolute Gasteiger partial charge is 0.133 e. The highest BCUT2D eigenvalue weighted by Gasteiger charge is 2.18. The lowest BCUT2D eigenvalue weighted by molar-refractivity contribution is 0.267. The number of benzene rings is 1. The summed E-state index contributed by atoms with van der Waals surface area (Å²) in [7, 11) is 1.70. The second-order valence-electron chi connectivity index (χ2n) is 6.07. The summed E-state index contributed by atoms with van der Waals surface area (Å²) >= 11 is 3.53. The van der Waals surface area contributed by atoms with Gasteiger partial charge in [-0.1, -0.05) is 32.3 Å². The van der Waals surface area contributed by atoms with Gasteiger partial charge in [0, 0.05) is 6.54 Å². The summed E-state index contributed by atoms with van der Waals surface area (Å²) in [6.45, 7) is 4.46. The third kappa shape index (κ3) is 4.78. The molecule has 0 saturated heterocycles. The van der Waals surface area contributed by atoms with Crippen molar-refractivity contribution in [2.24, 2.45) is 11.8 Å². The van der Waals surface area contributed by atoms with E-state index in [1.165, 1.54) is 37.7 Å². The van der Waals surface area contributed by atoms with E-state index in [1.807, 2.05) is 6.07 Å². The molecule has 0 aliphatic heterocycles. The summed E-state index contributed by atoms with van der Waals surface area (Å²) in [5.41, 5.74) is 1.30. The second kappa shape index (κ2) is 8.04. The van der Waals surface area contributed by atoms with Crippen LogP contribution in [0.15, 0.2) is 22.7 Å². The minimum absolute atomic E-state index is 0.893. The Labute approximate surface area is 131 Å². The monoisotopic (exact) mass is 339 g/mol. The van der Waals surface area contributed by atoms with Crippen molar-refractivity contribution >= 4 is 15.9 Å². The Morgan fingerprint density at radius 3 is 2.90 bits per heavy atom. The normalized spacial score (nSPS) is 22.8. The van der Waals surface area contributed by atoms with Crippen LogP contribution in [0, 0.1) is 11.8 Å². The molecule has 0 heterocycles. The Kier molecular flexibility index (Phi) is 6.37. The minimum Gasteiger partial charge on any atom is -0.496 e. The largest absolute Gasteiger partial charge is 0.496 e. The van der Waals surface area contributed by atoms with Gasteiger partial charge in [0.1, 0.15) is 5.75 Å². The molecule has 1 N–H and O–H groups in total. The number of rotatable bonds is 6. The van der Waals surface area contributed by atoms with Gasteiger partial charge in [-0.25, -0.2) is 0 Å². The van der Waals surface area contributed by atoms with Gasteiger partial charge in [-0.05, 0) is 64.8 Å². The van der Waals surface area contributed by atoms with Crippen molar-refractivity contribution in [1.29, 1.82) is 0 Å². The molecule has 20 heavy (non-hydrogen) atoms. The van der Waals surface area contributed by atoms with Crippen molar-refractivity contribution in [3.05, 3.63) is 28.2 Å². The first-order valence-electron chi connectivity index (χ1n) is 7.72. The zero-order valence-corrected chi connectivity index (χ0v) is 14.2. The van der Waals surface area contributed by atoms with E-state index in [-0.39, 0.29) is 0 Å². The van der Waals surface area contributed by atoms with E-state index in [4.69, 9.17) is 4.74 Å². The SMILES string of the molecule is COc1ccc(CNCCC2CCCC(C)C2)cc1Br. The van der Waals surface area contributed by atoms with Gasteiger partial charge >= 0.3 is 0 Å². The third-order valence-corrected chi connectivity index (χ3v) is 4.94. The van der Waals surface area contributed by atoms with Crippen LogP contribution in [-0.4, -0.2) is 13.7 Å². The summed E-state index contributed by atoms with van der Waals surface area (Å²) < 4.78 is 6.28. The molecule has 2 atom stereocenters. The van der Waals surface area contributed by atoms with Crippen molar-refractivity contribution in [1.82, 2.24) is 5.32 Å². The van der Waals surface area contributed by atoms with Crippen LogP contribution in [0.25, 0.3) is 0 Å². The number of ether oxygens (including phenoxy) is 1. The first-order valence-corrected chi connectivity index (χ1v) is 8.51. The Hall–Kier alpha value is -0.540. The second-order valence-corrected chi connectivity index (χ2v) is 6.93. The highest BCUT2D eigenvalue weighted by Crippen LogP contribution is 2.30. The Morgan fingerprint density at radius 1 is 1.35 bits per heavy atom. The predicted octanol–water partition coefficient (Wildman–Crippen LogP) is 4.76. The fourth-order valence-corrected chi connectivity index (χ4v) is 3.77. The molecule has 1 aromatic carbocycles. The van der Waals surface area contributed by atoms with E-state index < -0.39 is 0 Å². The number of nitrogens with one attached hydrogen (secondary N) is 1. The topological polar surface area (TPSA) is 21.3 Å². The van der Waals surface area contributed by atoms with Crippen LogP contribution >= 0.6 is 15.9 Å². The molecule has 1 aliphatic rings. The zero-order valence-electron chi connectivity index (χ0n) is 12.6. The van der Waals surface area contributed by atoms with E-state index in [0.29, 0.717) is 0 Å². The molecule has 1 aliphatic carbocycles. The first kappa shape index (κ1) is 15.8. The van der Waals surface area contributed by atoms with Crippen LogP contribution in [0.4, 0.5) is 0 Å². The van der Waals surface area contributed by atoms with Crippen LogP contribution in [0.3, 0.4) is 0 Å². The van der Waals surface area contributed by atoms with Crippen LogP contribution in [0.5, 0.6) is 5.75 Å². The lowest BCUT2D eigenvalue weighted by Crippen LogP contribution is -2.21. The number of halogens is 1. The molecular weight excluding hydrogens is 314 g/mol. The maximum atomic E-state index is 5.25. The number of methoxy groups -OCH3 is 1. The molecule has 1 aromatic rings. The van der Waals surface area contributed by atoms with Crippen molar-refractivity contribution in [2.45, 2.75) is 45.6 Å². The maximum Gasteiger partial charge on any atom is 0.133 e. The van der Waals surface area contributed by atoms with Gasteiger partial charge in [0.15, 0.2) is 0 Å². The lowest BCUT2D eigenvalue weighted by Gasteiger charge is -2.26. The molecule has 0 bridgehead atoms. The zero-order chi connectivity index (χ0) is 14.4. The third-order valence-electron chi connectivity index (χ3n) is 4.32. The molecule has 2 nitrogen and oxygen atoms in total. The summed E-state index contributed by atoms with van der Waals surface area (Å²) in [4.78, 5) is 0. The number of hydrogen-bond acceptors (Lipinski definition) is 2. The van der Waals surface area contributed by atoms with Gasteiger partial charge < -0.3 is 10.1 Å². The van der Waals surface area contributed by atoms with Gasteiger partial charge in [0.2, 0.25) is 0 Å². The van der Waals surface area contributed by atoms with Crippen molar-refractivity contribution < 1.29 is 4.74 Å².